The molecule has 1 radical (unpaired) electrons. The van der Waals surface area contributed by atoms with Crippen LogP contribution in [0.1, 0.15) is 24.0 Å². The van der Waals surface area contributed by atoms with Crippen molar-refractivity contribution >= 4 is 10.8 Å². The molecule has 0 amide bonds. The second kappa shape index (κ2) is 4.79. The Balaban J connectivity index is 1.90. The van der Waals surface area contributed by atoms with Gasteiger partial charge in [-0.3, -0.25) is 0 Å². The van der Waals surface area contributed by atoms with Crippen molar-refractivity contribution in [3.05, 3.63) is 71.8 Å². The van der Waals surface area contributed by atoms with E-state index in [1.165, 1.54) is 53.1 Å². The second-order valence-electron chi connectivity index (χ2n) is 5.61. The second-order valence-corrected chi connectivity index (χ2v) is 5.61. The van der Waals surface area contributed by atoms with Gasteiger partial charge in [-0.1, -0.05) is 54.6 Å². The number of hydrogen-bond donors (Lipinski definition) is 0. The molecule has 1 aliphatic rings. The Hall–Kier alpha value is -2.08. The van der Waals surface area contributed by atoms with E-state index in [4.69, 9.17) is 0 Å². The summed E-state index contributed by atoms with van der Waals surface area (Å²) in [6.07, 6.45) is 5.10. The van der Waals surface area contributed by atoms with Crippen LogP contribution in [0.4, 0.5) is 0 Å². The van der Waals surface area contributed by atoms with Crippen molar-refractivity contribution in [3.8, 4) is 11.1 Å². The monoisotopic (exact) mass is 257 g/mol. The Morgan fingerprint density at radius 3 is 2.65 bits per heavy atom. The standard InChI is InChI=1S/C20H17/c1-2-8-17-14-18(13-12-15(17)6-1)20-11-5-9-16-7-3-4-10-19(16)20/h1-2,5-6,8-9,11-13H,3-4,7,10H2. The highest BCUT2D eigenvalue weighted by Crippen LogP contribution is 2.32. The van der Waals surface area contributed by atoms with Crippen molar-refractivity contribution < 1.29 is 0 Å². The molecule has 1 aliphatic carbocycles. The zero-order chi connectivity index (χ0) is 13.4. The predicted octanol–water partition coefficient (Wildman–Crippen LogP) is 5.19. The summed E-state index contributed by atoms with van der Waals surface area (Å²) in [6.45, 7) is 0. The first-order chi connectivity index (χ1) is 9.92. The Morgan fingerprint density at radius 1 is 0.750 bits per heavy atom. The molecule has 0 heteroatoms. The maximum absolute atomic E-state index is 3.59. The molecule has 0 nitrogen and oxygen atoms in total. The summed E-state index contributed by atoms with van der Waals surface area (Å²) < 4.78 is 0. The van der Waals surface area contributed by atoms with Gasteiger partial charge in [-0.25, -0.2) is 0 Å². The predicted molar refractivity (Wildman–Crippen MR) is 84.9 cm³/mol. The van der Waals surface area contributed by atoms with E-state index in [-0.39, 0.29) is 0 Å². The molecule has 0 bridgehead atoms. The molecule has 0 fully saturated rings. The zero-order valence-electron chi connectivity index (χ0n) is 11.5. The molecule has 97 valence electrons. The molecular weight excluding hydrogens is 240 g/mol. The molecule has 0 aliphatic heterocycles. The van der Waals surface area contributed by atoms with E-state index >= 15 is 0 Å². The van der Waals surface area contributed by atoms with Crippen LogP contribution in [0.15, 0.2) is 54.6 Å². The third kappa shape index (κ3) is 1.92. The Bertz CT molecular complexity index is 768. The molecule has 20 heavy (non-hydrogen) atoms. The quantitative estimate of drug-likeness (QED) is 0.563. The lowest BCUT2D eigenvalue weighted by atomic mass is 9.85. The van der Waals surface area contributed by atoms with E-state index in [9.17, 15) is 0 Å². The fourth-order valence-corrected chi connectivity index (χ4v) is 3.31. The SMILES string of the molecule is [c]1c(-c2cccc3c2CCCC3)ccc2ccccc12. The van der Waals surface area contributed by atoms with E-state index in [1.54, 1.807) is 5.56 Å². The molecule has 0 atom stereocenters. The summed E-state index contributed by atoms with van der Waals surface area (Å²) in [5.74, 6) is 0. The average molecular weight is 257 g/mol. The number of benzene rings is 3. The largest absolute Gasteiger partial charge is 0.0616 e. The third-order valence-electron chi connectivity index (χ3n) is 4.35. The summed E-state index contributed by atoms with van der Waals surface area (Å²) in [5, 5.41) is 2.47. The smallest absolute Gasteiger partial charge is 0.00142 e. The average Bonchev–Trinajstić information content (AvgIpc) is 2.54. The lowest BCUT2D eigenvalue weighted by molar-refractivity contribution is 0.687. The molecule has 0 saturated carbocycles. The van der Waals surface area contributed by atoms with Crippen molar-refractivity contribution in [1.29, 1.82) is 0 Å². The highest BCUT2D eigenvalue weighted by Gasteiger charge is 2.14. The van der Waals surface area contributed by atoms with Gasteiger partial charge in [0.2, 0.25) is 0 Å². The molecule has 3 aromatic carbocycles. The van der Waals surface area contributed by atoms with Gasteiger partial charge in [-0.15, -0.1) is 0 Å². The van der Waals surface area contributed by atoms with Gasteiger partial charge in [0.25, 0.3) is 0 Å². The van der Waals surface area contributed by atoms with Crippen molar-refractivity contribution in [1.82, 2.24) is 0 Å². The van der Waals surface area contributed by atoms with Gasteiger partial charge in [0.15, 0.2) is 0 Å². The van der Waals surface area contributed by atoms with Crippen LogP contribution >= 0.6 is 0 Å². The van der Waals surface area contributed by atoms with Gasteiger partial charge >= 0.3 is 0 Å². The van der Waals surface area contributed by atoms with Crippen molar-refractivity contribution in [2.45, 2.75) is 25.7 Å². The fourth-order valence-electron chi connectivity index (χ4n) is 3.31. The first-order valence-corrected chi connectivity index (χ1v) is 7.44. The van der Waals surface area contributed by atoms with Gasteiger partial charge in [-0.2, -0.15) is 0 Å². The highest BCUT2D eigenvalue weighted by molar-refractivity contribution is 5.87. The fraction of sp³-hybridized carbons (Fsp3) is 0.200. The molecular formula is C20H17. The number of aryl methyl sites for hydroxylation is 1. The van der Waals surface area contributed by atoms with Gasteiger partial charge < -0.3 is 0 Å². The minimum absolute atomic E-state index is 1.21. The zero-order valence-corrected chi connectivity index (χ0v) is 11.5. The van der Waals surface area contributed by atoms with Crippen LogP contribution in [-0.4, -0.2) is 0 Å². The van der Waals surface area contributed by atoms with Crippen LogP contribution in [0.2, 0.25) is 0 Å². The third-order valence-corrected chi connectivity index (χ3v) is 4.35. The van der Waals surface area contributed by atoms with Gasteiger partial charge in [-0.05, 0) is 64.8 Å². The van der Waals surface area contributed by atoms with Crippen LogP contribution in [-0.2, 0) is 12.8 Å². The van der Waals surface area contributed by atoms with Crippen molar-refractivity contribution in [2.75, 3.05) is 0 Å². The summed E-state index contributed by atoms with van der Waals surface area (Å²) in [6, 6.07) is 23.2. The van der Waals surface area contributed by atoms with Crippen molar-refractivity contribution in [2.24, 2.45) is 0 Å². The Labute approximate surface area is 120 Å². The van der Waals surface area contributed by atoms with Crippen LogP contribution in [0.25, 0.3) is 21.9 Å². The minimum atomic E-state index is 1.21. The normalized spacial score (nSPS) is 14.2. The first kappa shape index (κ1) is 11.7. The molecule has 0 N–H and O–H groups in total. The van der Waals surface area contributed by atoms with E-state index in [0.29, 0.717) is 0 Å². The lowest BCUT2D eigenvalue weighted by Gasteiger charge is -2.19. The summed E-state index contributed by atoms with van der Waals surface area (Å²) in [4.78, 5) is 0. The molecule has 0 aromatic heterocycles. The Kier molecular flexibility index (Phi) is 2.81. The number of rotatable bonds is 1. The van der Waals surface area contributed by atoms with Gasteiger partial charge in [0, 0.05) is 0 Å². The minimum Gasteiger partial charge on any atom is -0.0616 e. The molecule has 0 saturated heterocycles. The van der Waals surface area contributed by atoms with Crippen molar-refractivity contribution in [3.63, 3.8) is 0 Å². The van der Waals surface area contributed by atoms with E-state index in [0.717, 1.165) is 0 Å². The maximum Gasteiger partial charge on any atom is -0.00142 e. The lowest BCUT2D eigenvalue weighted by Crippen LogP contribution is -2.04. The van der Waals surface area contributed by atoms with E-state index in [2.05, 4.69) is 60.7 Å². The van der Waals surface area contributed by atoms with Gasteiger partial charge in [0.05, 0.1) is 0 Å². The summed E-state index contributed by atoms with van der Waals surface area (Å²) >= 11 is 0. The first-order valence-electron chi connectivity index (χ1n) is 7.44. The van der Waals surface area contributed by atoms with Crippen LogP contribution < -0.4 is 0 Å². The summed E-state index contributed by atoms with van der Waals surface area (Å²) in [7, 11) is 0. The van der Waals surface area contributed by atoms with Crippen LogP contribution in [0, 0.1) is 6.07 Å². The molecule has 0 unspecified atom stereocenters. The van der Waals surface area contributed by atoms with E-state index < -0.39 is 0 Å². The van der Waals surface area contributed by atoms with Crippen LogP contribution in [0.5, 0.6) is 0 Å². The van der Waals surface area contributed by atoms with E-state index in [1.807, 2.05) is 0 Å². The Morgan fingerprint density at radius 2 is 1.65 bits per heavy atom. The number of hydrogen-bond acceptors (Lipinski definition) is 0. The molecule has 0 heterocycles. The van der Waals surface area contributed by atoms with Crippen LogP contribution in [0.3, 0.4) is 0 Å². The molecule has 0 spiro atoms. The summed E-state index contributed by atoms with van der Waals surface area (Å²) in [5.41, 5.74) is 5.70. The topological polar surface area (TPSA) is 0 Å². The molecule has 4 rings (SSSR count). The number of fused-ring (bicyclic) bond motifs is 2. The molecule has 3 aromatic rings. The highest BCUT2D eigenvalue weighted by atomic mass is 14.2. The maximum atomic E-state index is 3.59. The van der Waals surface area contributed by atoms with Gasteiger partial charge in [0.1, 0.15) is 0 Å².